The van der Waals surface area contributed by atoms with Gasteiger partial charge in [0.25, 0.3) is 0 Å². The molecule has 0 unspecified atom stereocenters. The summed E-state index contributed by atoms with van der Waals surface area (Å²) in [6.45, 7) is 0.966. The summed E-state index contributed by atoms with van der Waals surface area (Å²) in [6.07, 6.45) is 3.46. The van der Waals surface area contributed by atoms with Gasteiger partial charge in [0.15, 0.2) is 11.5 Å². The van der Waals surface area contributed by atoms with Crippen LogP contribution in [0.25, 0.3) is 11.2 Å². The van der Waals surface area contributed by atoms with Crippen LogP contribution in [0.2, 0.25) is 0 Å². The second-order valence-corrected chi connectivity index (χ2v) is 7.68. The number of halogens is 3. The molecule has 1 saturated heterocycles. The van der Waals surface area contributed by atoms with Crippen molar-refractivity contribution in [1.82, 2.24) is 30.6 Å². The van der Waals surface area contributed by atoms with Gasteiger partial charge in [0.05, 0.1) is 6.33 Å². The van der Waals surface area contributed by atoms with Gasteiger partial charge in [-0.3, -0.25) is 0 Å². The number of imidazole rings is 1. The van der Waals surface area contributed by atoms with Gasteiger partial charge < -0.3 is 20.5 Å². The molecule has 29 heavy (non-hydrogen) atoms. The molecule has 1 aliphatic heterocycles. The quantitative estimate of drug-likeness (QED) is 0.721. The summed E-state index contributed by atoms with van der Waals surface area (Å²) in [5.41, 5.74) is 0.383. The number of urea groups is 1. The highest BCUT2D eigenvalue weighted by atomic mass is 19.4. The predicted molar refractivity (Wildman–Crippen MR) is 100 cm³/mol. The second-order valence-electron chi connectivity index (χ2n) is 7.68. The van der Waals surface area contributed by atoms with Crippen molar-refractivity contribution in [3.05, 3.63) is 12.2 Å². The van der Waals surface area contributed by atoms with Crippen LogP contribution in [-0.2, 0) is 6.18 Å². The summed E-state index contributed by atoms with van der Waals surface area (Å²) < 4.78 is 39.4. The molecule has 0 atom stereocenters. The Morgan fingerprint density at radius 2 is 1.69 bits per heavy atom. The van der Waals surface area contributed by atoms with Gasteiger partial charge in [0.1, 0.15) is 5.52 Å². The third-order valence-corrected chi connectivity index (χ3v) is 5.59. The maximum absolute atomic E-state index is 13.1. The Bertz CT molecular complexity index is 855. The first-order valence-corrected chi connectivity index (χ1v) is 10.0. The van der Waals surface area contributed by atoms with Crippen LogP contribution in [-0.4, -0.2) is 51.1 Å². The molecule has 2 aromatic heterocycles. The van der Waals surface area contributed by atoms with E-state index in [0.717, 1.165) is 25.7 Å². The van der Waals surface area contributed by atoms with E-state index in [2.05, 4.69) is 30.6 Å². The van der Waals surface area contributed by atoms with Gasteiger partial charge in [-0.1, -0.05) is 19.3 Å². The number of hydrogen-bond donors (Lipinski definition) is 3. The predicted octanol–water partition coefficient (Wildman–Crippen LogP) is 2.97. The topological polar surface area (TPSA) is 98.8 Å². The Labute approximate surface area is 165 Å². The van der Waals surface area contributed by atoms with Crippen LogP contribution >= 0.6 is 0 Å². The van der Waals surface area contributed by atoms with E-state index in [1.807, 2.05) is 0 Å². The molecule has 0 spiro atoms. The van der Waals surface area contributed by atoms with Gasteiger partial charge in [-0.2, -0.15) is 13.2 Å². The summed E-state index contributed by atoms with van der Waals surface area (Å²) in [7, 11) is 0. The third-order valence-electron chi connectivity index (χ3n) is 5.59. The van der Waals surface area contributed by atoms with Crippen LogP contribution in [0.3, 0.4) is 0 Å². The number of carbonyl (C=O) groups is 1. The molecule has 2 fully saturated rings. The number of alkyl halides is 3. The van der Waals surface area contributed by atoms with Crippen LogP contribution in [0.15, 0.2) is 6.33 Å². The Hall–Kier alpha value is -2.59. The number of carbonyl (C=O) groups excluding carboxylic acids is 1. The smallest absolute Gasteiger partial charge is 0.355 e. The maximum atomic E-state index is 13.1. The minimum Gasteiger partial charge on any atom is -0.355 e. The van der Waals surface area contributed by atoms with Crippen molar-refractivity contribution in [3.63, 3.8) is 0 Å². The van der Waals surface area contributed by atoms with Crippen LogP contribution < -0.4 is 15.5 Å². The number of piperidine rings is 1. The summed E-state index contributed by atoms with van der Waals surface area (Å²) in [5.74, 6) is -0.996. The molecular weight excluding hydrogens is 387 g/mol. The number of aromatic nitrogens is 4. The van der Waals surface area contributed by atoms with Crippen LogP contribution in [0, 0.1) is 0 Å². The highest BCUT2D eigenvalue weighted by Crippen LogP contribution is 2.31. The lowest BCUT2D eigenvalue weighted by Gasteiger charge is -2.34. The number of nitrogens with zero attached hydrogens (tertiary/aromatic N) is 4. The van der Waals surface area contributed by atoms with Crippen molar-refractivity contribution in [2.24, 2.45) is 0 Å². The molecule has 1 saturated carbocycles. The lowest BCUT2D eigenvalue weighted by molar-refractivity contribution is -0.144. The highest BCUT2D eigenvalue weighted by Gasteiger charge is 2.37. The van der Waals surface area contributed by atoms with E-state index in [1.54, 1.807) is 4.90 Å². The van der Waals surface area contributed by atoms with Gasteiger partial charge in [0.2, 0.25) is 5.82 Å². The molecule has 2 aromatic rings. The van der Waals surface area contributed by atoms with Crippen LogP contribution in [0.4, 0.5) is 23.8 Å². The zero-order valence-corrected chi connectivity index (χ0v) is 15.9. The molecule has 3 N–H and O–H groups in total. The van der Waals surface area contributed by atoms with Crippen molar-refractivity contribution < 1.29 is 18.0 Å². The second kappa shape index (κ2) is 8.03. The van der Waals surface area contributed by atoms with Gasteiger partial charge in [-0.25, -0.2) is 19.7 Å². The van der Waals surface area contributed by atoms with Crippen molar-refractivity contribution in [3.8, 4) is 0 Å². The number of H-pyrrole nitrogens is 1. The van der Waals surface area contributed by atoms with Crippen molar-refractivity contribution >= 4 is 23.0 Å². The minimum absolute atomic E-state index is 0.00515. The van der Waals surface area contributed by atoms with E-state index >= 15 is 0 Å². The molecule has 11 heteroatoms. The first-order chi connectivity index (χ1) is 13.9. The summed E-state index contributed by atoms with van der Waals surface area (Å²) in [4.78, 5) is 28.0. The average Bonchev–Trinajstić information content (AvgIpc) is 3.17. The molecular formula is C18H24F3N7O. The normalized spacial score (nSPS) is 19.5. The fraction of sp³-hybridized carbons (Fsp3) is 0.667. The largest absolute Gasteiger partial charge is 0.451 e. The zero-order valence-electron chi connectivity index (χ0n) is 15.9. The Morgan fingerprint density at radius 1 is 1.03 bits per heavy atom. The Kier molecular flexibility index (Phi) is 5.46. The molecule has 0 aromatic carbocycles. The van der Waals surface area contributed by atoms with E-state index in [4.69, 9.17) is 0 Å². The standard InChI is InChI=1S/C18H24F3N7O/c19-18(20,21)16-26-14-13(22-10-23-14)15(27-16)28-8-6-12(7-9-28)25-17(29)24-11-4-2-1-3-5-11/h10-12H,1-9H2,(H2,24,25,29)(H,22,23,26,27). The molecule has 1 aliphatic carbocycles. The lowest BCUT2D eigenvalue weighted by Crippen LogP contribution is -2.50. The molecule has 2 aliphatic rings. The number of rotatable bonds is 3. The van der Waals surface area contributed by atoms with E-state index in [1.165, 1.54) is 12.7 Å². The number of fused-ring (bicyclic) bond motifs is 1. The molecule has 0 bridgehead atoms. The zero-order chi connectivity index (χ0) is 20.4. The number of hydrogen-bond acceptors (Lipinski definition) is 5. The van der Waals surface area contributed by atoms with Gasteiger partial charge in [-0.05, 0) is 25.7 Å². The molecule has 3 heterocycles. The molecule has 8 nitrogen and oxygen atoms in total. The summed E-state index contributed by atoms with van der Waals surface area (Å²) >= 11 is 0. The van der Waals surface area contributed by atoms with E-state index in [-0.39, 0.29) is 29.6 Å². The summed E-state index contributed by atoms with van der Waals surface area (Å²) in [6, 6.07) is 0.0584. The van der Waals surface area contributed by atoms with Crippen LogP contribution in [0.5, 0.6) is 0 Å². The first-order valence-electron chi connectivity index (χ1n) is 10.0. The van der Waals surface area contributed by atoms with Crippen molar-refractivity contribution in [2.45, 2.75) is 63.2 Å². The van der Waals surface area contributed by atoms with Gasteiger partial charge >= 0.3 is 12.2 Å². The molecule has 4 rings (SSSR count). The van der Waals surface area contributed by atoms with Crippen molar-refractivity contribution in [2.75, 3.05) is 18.0 Å². The monoisotopic (exact) mass is 411 g/mol. The van der Waals surface area contributed by atoms with Crippen molar-refractivity contribution in [1.29, 1.82) is 0 Å². The Morgan fingerprint density at radius 3 is 2.34 bits per heavy atom. The summed E-state index contributed by atoms with van der Waals surface area (Å²) in [5, 5.41) is 6.03. The van der Waals surface area contributed by atoms with Gasteiger partial charge in [-0.15, -0.1) is 0 Å². The third kappa shape index (κ3) is 4.54. The number of nitrogens with one attached hydrogen (secondary N) is 3. The minimum atomic E-state index is -4.64. The van der Waals surface area contributed by atoms with E-state index < -0.39 is 12.0 Å². The van der Waals surface area contributed by atoms with E-state index in [0.29, 0.717) is 31.4 Å². The number of anilines is 1. The molecule has 158 valence electrons. The molecule has 2 amide bonds. The highest BCUT2D eigenvalue weighted by molar-refractivity contribution is 5.83. The maximum Gasteiger partial charge on any atom is 0.451 e. The van der Waals surface area contributed by atoms with Gasteiger partial charge in [0, 0.05) is 25.2 Å². The number of amides is 2. The average molecular weight is 411 g/mol. The molecule has 0 radical (unpaired) electrons. The fourth-order valence-electron chi connectivity index (χ4n) is 4.07. The van der Waals surface area contributed by atoms with E-state index in [9.17, 15) is 18.0 Å². The number of aromatic amines is 1. The lowest BCUT2D eigenvalue weighted by atomic mass is 9.96. The first kappa shape index (κ1) is 19.7. The SMILES string of the molecule is O=C(NC1CCCCC1)NC1CCN(c2nc(C(F)(F)F)nc3nc[nH]c23)CC1. The van der Waals surface area contributed by atoms with Crippen LogP contribution in [0.1, 0.15) is 50.8 Å². The Balaban J connectivity index is 1.38. The fourth-order valence-corrected chi connectivity index (χ4v) is 4.07.